The summed E-state index contributed by atoms with van der Waals surface area (Å²) in [6.07, 6.45) is 4.61. The predicted molar refractivity (Wildman–Crippen MR) is 100 cm³/mol. The van der Waals surface area contributed by atoms with Gasteiger partial charge in [0, 0.05) is 32.2 Å². The predicted octanol–water partition coefficient (Wildman–Crippen LogP) is 1.20. The van der Waals surface area contributed by atoms with E-state index in [0.29, 0.717) is 25.7 Å². The van der Waals surface area contributed by atoms with Crippen molar-refractivity contribution in [1.82, 2.24) is 15.1 Å². The normalized spacial score (nSPS) is 27.0. The van der Waals surface area contributed by atoms with Crippen molar-refractivity contribution in [2.24, 2.45) is 17.1 Å². The maximum absolute atomic E-state index is 12.5. The highest BCUT2D eigenvalue weighted by Crippen LogP contribution is 2.23. The Morgan fingerprint density at radius 3 is 2.16 bits per heavy atom. The molecule has 1 aliphatic carbocycles. The van der Waals surface area contributed by atoms with Gasteiger partial charge in [0.2, 0.25) is 11.8 Å². The molecule has 0 bridgehead atoms. The molecular weight excluding hydrogens is 316 g/mol. The fraction of sp³-hybridized carbons (Fsp3) is 0.895. The molecule has 0 spiro atoms. The second-order valence-electron chi connectivity index (χ2n) is 8.97. The lowest BCUT2D eigenvalue weighted by Gasteiger charge is -2.38. The van der Waals surface area contributed by atoms with Crippen LogP contribution in [0.1, 0.15) is 53.4 Å². The van der Waals surface area contributed by atoms with Crippen molar-refractivity contribution >= 4 is 11.8 Å². The number of piperazine rings is 1. The molecule has 0 unspecified atom stereocenters. The number of nitrogens with two attached hydrogens (primary N) is 1. The summed E-state index contributed by atoms with van der Waals surface area (Å²) in [5.41, 5.74) is 5.85. The number of nitrogens with one attached hydrogen (secondary N) is 1. The molecule has 144 valence electrons. The lowest BCUT2D eigenvalue weighted by atomic mass is 9.86. The highest BCUT2D eigenvalue weighted by atomic mass is 16.2. The van der Waals surface area contributed by atoms with Crippen molar-refractivity contribution in [3.63, 3.8) is 0 Å². The summed E-state index contributed by atoms with van der Waals surface area (Å²) in [5, 5.41) is 3.18. The second-order valence-corrected chi connectivity index (χ2v) is 8.97. The number of nitrogens with zero attached hydrogens (tertiary/aromatic N) is 2. The van der Waals surface area contributed by atoms with Crippen LogP contribution >= 0.6 is 0 Å². The Hall–Kier alpha value is -1.14. The molecule has 1 aliphatic heterocycles. The van der Waals surface area contributed by atoms with Gasteiger partial charge in [-0.05, 0) is 37.0 Å². The third-order valence-electron chi connectivity index (χ3n) is 5.63. The van der Waals surface area contributed by atoms with Gasteiger partial charge in [-0.3, -0.25) is 14.5 Å². The van der Waals surface area contributed by atoms with E-state index in [1.54, 1.807) is 0 Å². The SMILES string of the molecule is CC1CCC(NC(=O)CN2CCN(C(=O)[C@@H](N)C(C)(C)C)CC2)CC1. The Labute approximate surface area is 152 Å². The Balaban J connectivity index is 1.71. The van der Waals surface area contributed by atoms with Crippen LogP contribution in [0.25, 0.3) is 0 Å². The lowest BCUT2D eigenvalue weighted by Crippen LogP contribution is -2.57. The average molecular weight is 353 g/mol. The third kappa shape index (κ3) is 5.96. The first kappa shape index (κ1) is 20.2. The molecule has 2 aliphatic rings. The molecule has 0 aromatic carbocycles. The van der Waals surface area contributed by atoms with E-state index in [1.807, 2.05) is 25.7 Å². The topological polar surface area (TPSA) is 78.7 Å². The third-order valence-corrected chi connectivity index (χ3v) is 5.63. The number of carbonyl (C=O) groups excluding carboxylic acids is 2. The maximum atomic E-state index is 12.5. The average Bonchev–Trinajstić information content (AvgIpc) is 2.55. The molecule has 0 radical (unpaired) electrons. The van der Waals surface area contributed by atoms with Crippen LogP contribution in [0.15, 0.2) is 0 Å². The van der Waals surface area contributed by atoms with Crippen molar-refractivity contribution < 1.29 is 9.59 Å². The Bertz CT molecular complexity index is 459. The highest BCUT2D eigenvalue weighted by molar-refractivity contribution is 5.82. The summed E-state index contributed by atoms with van der Waals surface area (Å²) in [6.45, 7) is 11.4. The first-order valence-corrected chi connectivity index (χ1v) is 9.73. The summed E-state index contributed by atoms with van der Waals surface area (Å²) in [7, 11) is 0. The van der Waals surface area contributed by atoms with Crippen molar-refractivity contribution in [1.29, 1.82) is 0 Å². The van der Waals surface area contributed by atoms with Gasteiger partial charge >= 0.3 is 0 Å². The van der Waals surface area contributed by atoms with E-state index in [2.05, 4.69) is 17.1 Å². The maximum Gasteiger partial charge on any atom is 0.240 e. The minimum Gasteiger partial charge on any atom is -0.352 e. The van der Waals surface area contributed by atoms with Crippen molar-refractivity contribution in [3.05, 3.63) is 0 Å². The smallest absolute Gasteiger partial charge is 0.240 e. The monoisotopic (exact) mass is 352 g/mol. The van der Waals surface area contributed by atoms with E-state index in [4.69, 9.17) is 5.73 Å². The largest absolute Gasteiger partial charge is 0.352 e. The second kappa shape index (κ2) is 8.49. The summed E-state index contributed by atoms with van der Waals surface area (Å²) < 4.78 is 0. The van der Waals surface area contributed by atoms with E-state index in [1.165, 1.54) is 12.8 Å². The van der Waals surface area contributed by atoms with Gasteiger partial charge in [0.05, 0.1) is 12.6 Å². The molecule has 0 aromatic rings. The van der Waals surface area contributed by atoms with E-state index in [0.717, 1.165) is 31.8 Å². The standard InChI is InChI=1S/C19H36N4O2/c1-14-5-7-15(8-6-14)21-16(24)13-22-9-11-23(12-10-22)18(25)17(20)19(2,3)4/h14-15,17H,5-13,20H2,1-4H3,(H,21,24)/t14?,15?,17-/m1/s1. The molecule has 6 nitrogen and oxygen atoms in total. The van der Waals surface area contributed by atoms with E-state index in [-0.39, 0.29) is 17.2 Å². The molecule has 2 amide bonds. The molecule has 6 heteroatoms. The molecule has 25 heavy (non-hydrogen) atoms. The zero-order chi connectivity index (χ0) is 18.6. The van der Waals surface area contributed by atoms with Crippen molar-refractivity contribution in [3.8, 4) is 0 Å². The molecular formula is C19H36N4O2. The Morgan fingerprint density at radius 1 is 1.08 bits per heavy atom. The number of carbonyl (C=O) groups is 2. The van der Waals surface area contributed by atoms with Crippen LogP contribution in [0.3, 0.4) is 0 Å². The molecule has 1 atom stereocenters. The van der Waals surface area contributed by atoms with Crippen LogP contribution in [0.5, 0.6) is 0 Å². The number of rotatable bonds is 4. The van der Waals surface area contributed by atoms with Crippen LogP contribution in [-0.4, -0.2) is 66.4 Å². The molecule has 3 N–H and O–H groups in total. The molecule has 1 heterocycles. The van der Waals surface area contributed by atoms with Crippen LogP contribution in [-0.2, 0) is 9.59 Å². The highest BCUT2D eigenvalue weighted by Gasteiger charge is 2.32. The first-order valence-electron chi connectivity index (χ1n) is 9.73. The van der Waals surface area contributed by atoms with Gasteiger partial charge < -0.3 is 16.0 Å². The van der Waals surface area contributed by atoms with Gasteiger partial charge in [-0.15, -0.1) is 0 Å². The minimum absolute atomic E-state index is 0.0212. The van der Waals surface area contributed by atoms with Gasteiger partial charge in [-0.2, -0.15) is 0 Å². The van der Waals surface area contributed by atoms with Crippen LogP contribution in [0.2, 0.25) is 0 Å². The van der Waals surface area contributed by atoms with E-state index < -0.39 is 6.04 Å². The molecule has 1 saturated heterocycles. The van der Waals surface area contributed by atoms with E-state index in [9.17, 15) is 9.59 Å². The number of amides is 2. The Kier molecular flexibility index (Phi) is 6.86. The summed E-state index contributed by atoms with van der Waals surface area (Å²) in [6, 6.07) is -0.132. The molecule has 2 fully saturated rings. The molecule has 0 aromatic heterocycles. The first-order chi connectivity index (χ1) is 11.7. The number of hydrogen-bond donors (Lipinski definition) is 2. The van der Waals surface area contributed by atoms with Crippen LogP contribution < -0.4 is 11.1 Å². The number of hydrogen-bond acceptors (Lipinski definition) is 4. The van der Waals surface area contributed by atoms with Crippen molar-refractivity contribution in [2.75, 3.05) is 32.7 Å². The van der Waals surface area contributed by atoms with Gasteiger partial charge in [0.1, 0.15) is 0 Å². The van der Waals surface area contributed by atoms with Gasteiger partial charge in [0.15, 0.2) is 0 Å². The summed E-state index contributed by atoms with van der Waals surface area (Å²) >= 11 is 0. The van der Waals surface area contributed by atoms with E-state index >= 15 is 0 Å². The summed E-state index contributed by atoms with van der Waals surface area (Å²) in [5.74, 6) is 0.928. The molecule has 2 rings (SSSR count). The fourth-order valence-corrected chi connectivity index (χ4v) is 3.57. The van der Waals surface area contributed by atoms with Crippen molar-refractivity contribution in [2.45, 2.75) is 65.5 Å². The molecule has 1 saturated carbocycles. The zero-order valence-corrected chi connectivity index (χ0v) is 16.4. The summed E-state index contributed by atoms with van der Waals surface area (Å²) in [4.78, 5) is 28.7. The quantitative estimate of drug-likeness (QED) is 0.797. The fourth-order valence-electron chi connectivity index (χ4n) is 3.57. The lowest BCUT2D eigenvalue weighted by molar-refractivity contribution is -0.137. The van der Waals surface area contributed by atoms with Gasteiger partial charge in [-0.1, -0.05) is 27.7 Å². The Morgan fingerprint density at radius 2 is 1.64 bits per heavy atom. The van der Waals surface area contributed by atoms with Gasteiger partial charge in [-0.25, -0.2) is 0 Å². The van der Waals surface area contributed by atoms with Crippen LogP contribution in [0, 0.1) is 11.3 Å². The zero-order valence-electron chi connectivity index (χ0n) is 16.4. The minimum atomic E-state index is -0.476. The van der Waals surface area contributed by atoms with Crippen LogP contribution in [0.4, 0.5) is 0 Å². The van der Waals surface area contributed by atoms with Gasteiger partial charge in [0.25, 0.3) is 0 Å².